The number of anilines is 1. The summed E-state index contributed by atoms with van der Waals surface area (Å²) in [6.45, 7) is 1.89. The molecule has 0 amide bonds. The number of aryl methyl sites for hydroxylation is 1. The smallest absolute Gasteiger partial charge is 0.399 e. The first kappa shape index (κ1) is 14.1. The second-order valence-corrected chi connectivity index (χ2v) is 5.73. The van der Waals surface area contributed by atoms with Gasteiger partial charge in [0.1, 0.15) is 5.82 Å². The van der Waals surface area contributed by atoms with Gasteiger partial charge in [0.2, 0.25) is 0 Å². The van der Waals surface area contributed by atoms with E-state index in [0.29, 0.717) is 16.6 Å². The Kier molecular flexibility index (Phi) is 4.00. The predicted molar refractivity (Wildman–Crippen MR) is 69.3 cm³/mol. The number of alkyl halides is 3. The molecule has 0 saturated carbocycles. The van der Waals surface area contributed by atoms with Crippen LogP contribution in [0.4, 0.5) is 18.9 Å². The Hall–Kier alpha value is -1.28. The highest BCUT2D eigenvalue weighted by atomic mass is 32.2. The van der Waals surface area contributed by atoms with Gasteiger partial charge in [0.15, 0.2) is 4.34 Å². The normalized spacial score (nSPS) is 11.8. The lowest BCUT2D eigenvalue weighted by molar-refractivity contribution is -0.139. The average Bonchev–Trinajstić information content (AvgIpc) is 2.78. The van der Waals surface area contributed by atoms with E-state index in [1.165, 1.54) is 12.1 Å². The van der Waals surface area contributed by atoms with Gasteiger partial charge >= 0.3 is 6.18 Å². The number of hydrogen-bond acceptors (Lipinski definition) is 5. The molecule has 8 heteroatoms. The molecule has 0 atom stereocenters. The molecule has 0 spiro atoms. The fourth-order valence-electron chi connectivity index (χ4n) is 1.38. The first-order chi connectivity index (χ1) is 8.90. The van der Waals surface area contributed by atoms with Gasteiger partial charge in [-0.15, -0.1) is 0 Å². The van der Waals surface area contributed by atoms with Crippen LogP contribution in [0.15, 0.2) is 27.4 Å². The number of benzene rings is 1. The average molecular weight is 305 g/mol. The lowest BCUT2D eigenvalue weighted by Gasteiger charge is -2.11. The molecule has 19 heavy (non-hydrogen) atoms. The third-order valence-electron chi connectivity index (χ3n) is 2.27. The fourth-order valence-corrected chi connectivity index (χ4v) is 3.16. The number of aromatic nitrogens is 2. The van der Waals surface area contributed by atoms with Crippen molar-refractivity contribution in [2.45, 2.75) is 28.8 Å². The van der Waals surface area contributed by atoms with Gasteiger partial charge in [-0.3, -0.25) is 0 Å². The van der Waals surface area contributed by atoms with Gasteiger partial charge in [-0.2, -0.15) is 17.5 Å². The van der Waals surface area contributed by atoms with Gasteiger partial charge in [0.25, 0.3) is 0 Å². The molecule has 0 saturated heterocycles. The standard InChI is InChI=1S/C11H10F3N3S2/c1-2-9-16-10(19-17-9)18-8-4-3-6(15)5-7(8)11(12,13)14/h3-5H,2,15H2,1H3. The van der Waals surface area contributed by atoms with Crippen LogP contribution in [-0.4, -0.2) is 9.36 Å². The van der Waals surface area contributed by atoms with Crippen LogP contribution >= 0.6 is 23.3 Å². The van der Waals surface area contributed by atoms with Crippen LogP contribution < -0.4 is 5.73 Å². The molecule has 0 unspecified atom stereocenters. The van der Waals surface area contributed by atoms with Crippen molar-refractivity contribution in [2.75, 3.05) is 5.73 Å². The van der Waals surface area contributed by atoms with Crippen molar-refractivity contribution in [3.8, 4) is 0 Å². The Morgan fingerprint density at radius 1 is 1.37 bits per heavy atom. The Labute approximate surface area is 116 Å². The molecular formula is C11H10F3N3S2. The van der Waals surface area contributed by atoms with Crippen LogP contribution in [0.2, 0.25) is 0 Å². The van der Waals surface area contributed by atoms with Crippen molar-refractivity contribution in [1.82, 2.24) is 9.36 Å². The molecule has 0 bridgehead atoms. The third-order valence-corrected chi connectivity index (χ3v) is 4.14. The highest BCUT2D eigenvalue weighted by molar-refractivity contribution is 8.01. The molecule has 102 valence electrons. The van der Waals surface area contributed by atoms with E-state index in [0.717, 1.165) is 29.4 Å². The van der Waals surface area contributed by atoms with Gasteiger partial charge < -0.3 is 5.73 Å². The summed E-state index contributed by atoms with van der Waals surface area (Å²) in [6.07, 6.45) is -3.78. The van der Waals surface area contributed by atoms with Gasteiger partial charge in [-0.1, -0.05) is 18.7 Å². The molecule has 2 rings (SSSR count). The van der Waals surface area contributed by atoms with E-state index >= 15 is 0 Å². The summed E-state index contributed by atoms with van der Waals surface area (Å²) in [5, 5.41) is 0. The molecule has 1 aromatic heterocycles. The molecule has 3 nitrogen and oxygen atoms in total. The highest BCUT2D eigenvalue weighted by Crippen LogP contribution is 2.40. The van der Waals surface area contributed by atoms with E-state index < -0.39 is 11.7 Å². The summed E-state index contributed by atoms with van der Waals surface area (Å²) in [5.74, 6) is 0.636. The molecule has 2 aromatic rings. The van der Waals surface area contributed by atoms with Gasteiger partial charge in [0.05, 0.1) is 5.56 Å². The topological polar surface area (TPSA) is 51.8 Å². The van der Waals surface area contributed by atoms with Crippen molar-refractivity contribution < 1.29 is 13.2 Å². The zero-order chi connectivity index (χ0) is 14.0. The fraction of sp³-hybridized carbons (Fsp3) is 0.273. The molecule has 0 aliphatic carbocycles. The zero-order valence-corrected chi connectivity index (χ0v) is 11.5. The minimum absolute atomic E-state index is 0.0838. The minimum atomic E-state index is -4.43. The van der Waals surface area contributed by atoms with Crippen LogP contribution in [0.3, 0.4) is 0 Å². The van der Waals surface area contributed by atoms with Crippen LogP contribution in [0.5, 0.6) is 0 Å². The number of rotatable bonds is 3. The second-order valence-electron chi connectivity index (χ2n) is 3.69. The third kappa shape index (κ3) is 3.38. The SMILES string of the molecule is CCc1nsc(Sc2ccc(N)cc2C(F)(F)F)n1. The maximum Gasteiger partial charge on any atom is 0.417 e. The van der Waals surface area contributed by atoms with Crippen molar-refractivity contribution >= 4 is 29.0 Å². The summed E-state index contributed by atoms with van der Waals surface area (Å²) in [4.78, 5) is 4.23. The lowest BCUT2D eigenvalue weighted by atomic mass is 10.2. The Morgan fingerprint density at radius 3 is 2.68 bits per heavy atom. The van der Waals surface area contributed by atoms with Gasteiger partial charge in [-0.05, 0) is 29.7 Å². The quantitative estimate of drug-likeness (QED) is 0.875. The van der Waals surface area contributed by atoms with Crippen molar-refractivity contribution in [2.24, 2.45) is 0 Å². The lowest BCUT2D eigenvalue weighted by Crippen LogP contribution is -2.07. The minimum Gasteiger partial charge on any atom is -0.399 e. The second kappa shape index (κ2) is 5.38. The Bertz CT molecular complexity index is 581. The molecule has 2 N–H and O–H groups in total. The van der Waals surface area contributed by atoms with Gasteiger partial charge in [-0.25, -0.2) is 4.98 Å². The Balaban J connectivity index is 2.34. The monoisotopic (exact) mass is 305 g/mol. The molecule has 0 aliphatic heterocycles. The highest BCUT2D eigenvalue weighted by Gasteiger charge is 2.34. The van der Waals surface area contributed by atoms with Crippen molar-refractivity contribution in [3.63, 3.8) is 0 Å². The molecule has 1 heterocycles. The summed E-state index contributed by atoms with van der Waals surface area (Å²) in [6, 6.07) is 3.74. The largest absolute Gasteiger partial charge is 0.417 e. The first-order valence-corrected chi connectivity index (χ1v) is 6.96. The maximum atomic E-state index is 12.9. The Morgan fingerprint density at radius 2 is 2.11 bits per heavy atom. The van der Waals surface area contributed by atoms with E-state index in [4.69, 9.17) is 5.73 Å². The molecule has 0 fully saturated rings. The summed E-state index contributed by atoms with van der Waals surface area (Å²) < 4.78 is 43.2. The van der Waals surface area contributed by atoms with E-state index in [2.05, 4.69) is 9.36 Å². The molecule has 0 aliphatic rings. The van der Waals surface area contributed by atoms with Crippen LogP contribution in [0, 0.1) is 0 Å². The van der Waals surface area contributed by atoms with E-state index in [9.17, 15) is 13.2 Å². The van der Waals surface area contributed by atoms with Crippen LogP contribution in [0.1, 0.15) is 18.3 Å². The predicted octanol–water partition coefficient (Wildman–Crippen LogP) is 3.85. The summed E-state index contributed by atoms with van der Waals surface area (Å²) >= 11 is 2.05. The number of hydrogen-bond donors (Lipinski definition) is 1. The first-order valence-electron chi connectivity index (χ1n) is 5.37. The van der Waals surface area contributed by atoms with Crippen LogP contribution in [0.25, 0.3) is 0 Å². The number of nitrogen functional groups attached to an aromatic ring is 1. The van der Waals surface area contributed by atoms with Crippen molar-refractivity contribution in [1.29, 1.82) is 0 Å². The van der Waals surface area contributed by atoms with Gasteiger partial charge in [0, 0.05) is 17.0 Å². The maximum absolute atomic E-state index is 12.9. The number of halogens is 3. The summed E-state index contributed by atoms with van der Waals surface area (Å²) in [7, 11) is 0. The number of nitrogens with zero attached hydrogens (tertiary/aromatic N) is 2. The van der Waals surface area contributed by atoms with Crippen LogP contribution in [-0.2, 0) is 12.6 Å². The van der Waals surface area contributed by atoms with Crippen molar-refractivity contribution in [3.05, 3.63) is 29.6 Å². The molecule has 1 aromatic carbocycles. The number of nitrogens with two attached hydrogens (primary N) is 1. The van der Waals surface area contributed by atoms with E-state index in [1.807, 2.05) is 6.92 Å². The molecule has 0 radical (unpaired) electrons. The van der Waals surface area contributed by atoms with E-state index in [-0.39, 0.29) is 10.6 Å². The molecular weight excluding hydrogens is 295 g/mol. The zero-order valence-electron chi connectivity index (χ0n) is 9.86. The summed E-state index contributed by atoms with van der Waals surface area (Å²) in [5.41, 5.74) is 4.75. The van der Waals surface area contributed by atoms with E-state index in [1.54, 1.807) is 0 Å².